The summed E-state index contributed by atoms with van der Waals surface area (Å²) in [6.45, 7) is 5.18. The predicted molar refractivity (Wildman–Crippen MR) is 60.8 cm³/mol. The third kappa shape index (κ3) is 4.14. The van der Waals surface area contributed by atoms with Gasteiger partial charge in [-0.1, -0.05) is 13.8 Å². The average molecular weight is 253 g/mol. The highest BCUT2D eigenvalue weighted by Gasteiger charge is 2.41. The predicted octanol–water partition coefficient (Wildman–Crippen LogP) is 2.81. The minimum atomic E-state index is -4.06. The molecular weight excluding hydrogens is 231 g/mol. The van der Waals surface area contributed by atoms with Gasteiger partial charge in [-0.25, -0.2) is 0 Å². The van der Waals surface area contributed by atoms with E-state index in [9.17, 15) is 18.3 Å². The van der Waals surface area contributed by atoms with Crippen molar-refractivity contribution in [2.24, 2.45) is 5.92 Å². The van der Waals surface area contributed by atoms with E-state index in [2.05, 4.69) is 0 Å². The number of piperidine rings is 1. The lowest BCUT2D eigenvalue weighted by atomic mass is 9.92. The Morgan fingerprint density at radius 2 is 1.59 bits per heavy atom. The van der Waals surface area contributed by atoms with Crippen molar-refractivity contribution in [1.82, 2.24) is 4.90 Å². The first-order valence-electron chi connectivity index (χ1n) is 6.32. The first kappa shape index (κ1) is 14.8. The van der Waals surface area contributed by atoms with Gasteiger partial charge in [0.2, 0.25) is 0 Å². The summed E-state index contributed by atoms with van der Waals surface area (Å²) in [5.74, 6) is -1.16. The van der Waals surface area contributed by atoms with Crippen LogP contribution in [0.15, 0.2) is 0 Å². The van der Waals surface area contributed by atoms with Crippen LogP contribution in [0.5, 0.6) is 0 Å². The fourth-order valence-corrected chi connectivity index (χ4v) is 2.31. The lowest BCUT2D eigenvalue weighted by Crippen LogP contribution is -2.47. The standard InChI is InChI=1S/C12H22F3NO/c1-3-11(17,4-2)9-16-7-5-10(6-8-16)12(13,14)15/h10,17H,3-9H2,1-2H3. The van der Waals surface area contributed by atoms with E-state index in [4.69, 9.17) is 0 Å². The minimum absolute atomic E-state index is 0.160. The Morgan fingerprint density at radius 3 is 1.94 bits per heavy atom. The van der Waals surface area contributed by atoms with E-state index in [1.165, 1.54) is 0 Å². The first-order valence-corrected chi connectivity index (χ1v) is 6.32. The van der Waals surface area contributed by atoms with Gasteiger partial charge in [-0.3, -0.25) is 0 Å². The highest BCUT2D eigenvalue weighted by molar-refractivity contribution is 4.84. The van der Waals surface area contributed by atoms with Crippen molar-refractivity contribution < 1.29 is 18.3 Å². The fourth-order valence-electron chi connectivity index (χ4n) is 2.31. The topological polar surface area (TPSA) is 23.5 Å². The number of alkyl halides is 3. The van der Waals surface area contributed by atoms with Crippen LogP contribution in [0.4, 0.5) is 13.2 Å². The van der Waals surface area contributed by atoms with Gasteiger partial charge >= 0.3 is 6.18 Å². The van der Waals surface area contributed by atoms with Crippen LogP contribution in [0.2, 0.25) is 0 Å². The lowest BCUT2D eigenvalue weighted by Gasteiger charge is -2.37. The Kier molecular flexibility index (Phi) is 4.84. The summed E-state index contributed by atoms with van der Waals surface area (Å²) in [6, 6.07) is 0. The van der Waals surface area contributed by atoms with Crippen molar-refractivity contribution in [2.75, 3.05) is 19.6 Å². The quantitative estimate of drug-likeness (QED) is 0.832. The van der Waals surface area contributed by atoms with Crippen molar-refractivity contribution in [1.29, 1.82) is 0 Å². The summed E-state index contributed by atoms with van der Waals surface area (Å²) in [7, 11) is 0. The van der Waals surface area contributed by atoms with Gasteiger partial charge in [0.15, 0.2) is 0 Å². The third-order valence-corrected chi connectivity index (χ3v) is 3.88. The maximum Gasteiger partial charge on any atom is 0.391 e. The Hall–Kier alpha value is -0.290. The highest BCUT2D eigenvalue weighted by Crippen LogP contribution is 2.34. The minimum Gasteiger partial charge on any atom is -0.389 e. The molecule has 0 spiro atoms. The maximum atomic E-state index is 12.5. The Labute approximate surface area is 101 Å². The van der Waals surface area contributed by atoms with Crippen LogP contribution in [0.1, 0.15) is 39.5 Å². The Bertz CT molecular complexity index is 230. The van der Waals surface area contributed by atoms with Crippen molar-refractivity contribution in [3.8, 4) is 0 Å². The molecule has 0 aromatic rings. The molecule has 0 amide bonds. The second-order valence-corrected chi connectivity index (χ2v) is 5.02. The molecule has 1 rings (SSSR count). The van der Waals surface area contributed by atoms with Crippen LogP contribution < -0.4 is 0 Å². The normalized spacial score (nSPS) is 20.8. The third-order valence-electron chi connectivity index (χ3n) is 3.88. The molecule has 1 aliphatic rings. The van der Waals surface area contributed by atoms with Crippen molar-refractivity contribution >= 4 is 0 Å². The molecular formula is C12H22F3NO. The molecule has 1 heterocycles. The molecule has 5 heteroatoms. The summed E-state index contributed by atoms with van der Waals surface area (Å²) in [5, 5.41) is 10.1. The molecule has 1 fully saturated rings. The molecule has 1 N–H and O–H groups in total. The molecule has 0 unspecified atom stereocenters. The molecule has 102 valence electrons. The number of likely N-dealkylation sites (tertiary alicyclic amines) is 1. The largest absolute Gasteiger partial charge is 0.391 e. The van der Waals surface area contributed by atoms with Crippen LogP contribution in [0, 0.1) is 5.92 Å². The van der Waals surface area contributed by atoms with Gasteiger partial charge in [0.25, 0.3) is 0 Å². The number of hydrogen-bond acceptors (Lipinski definition) is 2. The van der Waals surface area contributed by atoms with Gasteiger partial charge in [0.1, 0.15) is 0 Å². The van der Waals surface area contributed by atoms with Crippen LogP contribution >= 0.6 is 0 Å². The summed E-state index contributed by atoms with van der Waals surface area (Å²) in [5.41, 5.74) is -0.745. The van der Waals surface area contributed by atoms with Gasteiger partial charge in [0.05, 0.1) is 11.5 Å². The maximum absolute atomic E-state index is 12.5. The number of hydrogen-bond donors (Lipinski definition) is 1. The molecule has 0 aromatic carbocycles. The summed E-state index contributed by atoms with van der Waals surface area (Å²) >= 11 is 0. The Morgan fingerprint density at radius 1 is 1.12 bits per heavy atom. The zero-order valence-corrected chi connectivity index (χ0v) is 10.6. The molecule has 17 heavy (non-hydrogen) atoms. The molecule has 0 radical (unpaired) electrons. The summed E-state index contributed by atoms with van der Waals surface area (Å²) in [4.78, 5) is 1.95. The van der Waals surface area contributed by atoms with Gasteiger partial charge < -0.3 is 10.0 Å². The Balaban J connectivity index is 2.42. The molecule has 0 bridgehead atoms. The van der Waals surface area contributed by atoms with Crippen LogP contribution in [0.25, 0.3) is 0 Å². The molecule has 2 nitrogen and oxygen atoms in total. The second kappa shape index (κ2) is 5.57. The molecule has 0 aromatic heterocycles. The first-order chi connectivity index (χ1) is 7.80. The van der Waals surface area contributed by atoms with E-state index in [1.807, 2.05) is 18.7 Å². The van der Waals surface area contributed by atoms with Crippen LogP contribution in [0.3, 0.4) is 0 Å². The number of rotatable bonds is 4. The van der Waals surface area contributed by atoms with Crippen molar-refractivity contribution in [3.05, 3.63) is 0 Å². The lowest BCUT2D eigenvalue weighted by molar-refractivity contribution is -0.186. The average Bonchev–Trinajstić information content (AvgIpc) is 2.28. The van der Waals surface area contributed by atoms with Crippen LogP contribution in [-0.4, -0.2) is 41.4 Å². The monoisotopic (exact) mass is 253 g/mol. The van der Waals surface area contributed by atoms with E-state index < -0.39 is 17.7 Å². The summed E-state index contributed by atoms with van der Waals surface area (Å²) in [6.07, 6.45) is -2.46. The molecule has 1 saturated heterocycles. The van der Waals surface area contributed by atoms with Gasteiger partial charge in [-0.15, -0.1) is 0 Å². The molecule has 1 aliphatic heterocycles. The molecule has 0 aliphatic carbocycles. The molecule has 0 atom stereocenters. The summed E-state index contributed by atoms with van der Waals surface area (Å²) < 4.78 is 37.4. The SMILES string of the molecule is CCC(O)(CC)CN1CCC(C(F)(F)F)CC1. The number of aliphatic hydroxyl groups is 1. The number of β-amino-alcohol motifs (C(OH)–C–C–N with tert-alkyl or cyclic N) is 1. The fraction of sp³-hybridized carbons (Fsp3) is 1.00. The number of nitrogens with zero attached hydrogens (tertiary/aromatic N) is 1. The second-order valence-electron chi connectivity index (χ2n) is 5.02. The molecule has 0 saturated carbocycles. The highest BCUT2D eigenvalue weighted by atomic mass is 19.4. The van der Waals surface area contributed by atoms with Crippen molar-refractivity contribution in [3.63, 3.8) is 0 Å². The van der Waals surface area contributed by atoms with Gasteiger partial charge in [-0.2, -0.15) is 13.2 Å². The van der Waals surface area contributed by atoms with Crippen LogP contribution in [-0.2, 0) is 0 Å². The number of halogens is 3. The van der Waals surface area contributed by atoms with E-state index in [0.29, 0.717) is 32.5 Å². The zero-order chi connectivity index (χ0) is 13.1. The van der Waals surface area contributed by atoms with E-state index in [-0.39, 0.29) is 12.8 Å². The van der Waals surface area contributed by atoms with Crippen molar-refractivity contribution in [2.45, 2.75) is 51.3 Å². The zero-order valence-electron chi connectivity index (χ0n) is 10.6. The van der Waals surface area contributed by atoms with E-state index in [1.54, 1.807) is 0 Å². The van der Waals surface area contributed by atoms with Gasteiger partial charge in [-0.05, 0) is 38.8 Å². The van der Waals surface area contributed by atoms with Gasteiger partial charge in [0, 0.05) is 6.54 Å². The van der Waals surface area contributed by atoms with E-state index >= 15 is 0 Å². The van der Waals surface area contributed by atoms with E-state index in [0.717, 1.165) is 0 Å². The smallest absolute Gasteiger partial charge is 0.389 e.